The Labute approximate surface area is 83.7 Å². The minimum atomic E-state index is -0.709. The van der Waals surface area contributed by atoms with Crippen LogP contribution in [0, 0.1) is 0 Å². The SMILES string of the molecule is CCNC(C)CCS(=O)CCOC. The smallest absolute Gasteiger partial charge is 0.0577 e. The fourth-order valence-electron chi connectivity index (χ4n) is 1.04. The first-order chi connectivity index (χ1) is 6.20. The van der Waals surface area contributed by atoms with Crippen LogP contribution in [0.3, 0.4) is 0 Å². The first kappa shape index (κ1) is 13.1. The second-order valence-electron chi connectivity index (χ2n) is 3.09. The van der Waals surface area contributed by atoms with Crippen LogP contribution in [0.25, 0.3) is 0 Å². The highest BCUT2D eigenvalue weighted by Crippen LogP contribution is 1.94. The van der Waals surface area contributed by atoms with Crippen LogP contribution >= 0.6 is 0 Å². The van der Waals surface area contributed by atoms with E-state index in [1.54, 1.807) is 7.11 Å². The van der Waals surface area contributed by atoms with Gasteiger partial charge in [0.25, 0.3) is 0 Å². The number of ether oxygens (including phenoxy) is 1. The molecule has 4 heteroatoms. The predicted octanol–water partition coefficient (Wildman–Crippen LogP) is 0.770. The van der Waals surface area contributed by atoms with Gasteiger partial charge in [0, 0.05) is 35.5 Å². The molecule has 3 nitrogen and oxygen atoms in total. The van der Waals surface area contributed by atoms with Crippen molar-refractivity contribution < 1.29 is 8.95 Å². The summed E-state index contributed by atoms with van der Waals surface area (Å²) >= 11 is 0. The molecule has 0 radical (unpaired) electrons. The van der Waals surface area contributed by atoms with Gasteiger partial charge in [-0.2, -0.15) is 0 Å². The maximum absolute atomic E-state index is 11.3. The van der Waals surface area contributed by atoms with E-state index in [-0.39, 0.29) is 0 Å². The van der Waals surface area contributed by atoms with Gasteiger partial charge in [0.15, 0.2) is 0 Å². The molecule has 0 heterocycles. The Morgan fingerprint density at radius 3 is 2.69 bits per heavy atom. The molecule has 0 aliphatic heterocycles. The van der Waals surface area contributed by atoms with Crippen molar-refractivity contribution in [2.75, 3.05) is 31.8 Å². The zero-order chi connectivity index (χ0) is 10.1. The van der Waals surface area contributed by atoms with Gasteiger partial charge in [-0.3, -0.25) is 4.21 Å². The van der Waals surface area contributed by atoms with E-state index < -0.39 is 10.8 Å². The summed E-state index contributed by atoms with van der Waals surface area (Å²) in [5, 5.41) is 3.29. The molecule has 0 rings (SSSR count). The summed E-state index contributed by atoms with van der Waals surface area (Å²) in [4.78, 5) is 0. The molecular weight excluding hydrogens is 186 g/mol. The second kappa shape index (κ2) is 8.66. The van der Waals surface area contributed by atoms with E-state index in [9.17, 15) is 4.21 Å². The molecule has 0 aliphatic carbocycles. The van der Waals surface area contributed by atoms with Crippen molar-refractivity contribution in [3.05, 3.63) is 0 Å². The topological polar surface area (TPSA) is 38.3 Å². The largest absolute Gasteiger partial charge is 0.384 e. The van der Waals surface area contributed by atoms with Crippen LogP contribution in [0.4, 0.5) is 0 Å². The average Bonchev–Trinajstić information content (AvgIpc) is 2.12. The van der Waals surface area contributed by atoms with Crippen LogP contribution in [0.5, 0.6) is 0 Å². The molecule has 1 N–H and O–H groups in total. The third kappa shape index (κ3) is 8.40. The standard InChI is InChI=1S/C9H21NO2S/c1-4-10-9(2)5-7-13(11)8-6-12-3/h9-10H,4-8H2,1-3H3. The van der Waals surface area contributed by atoms with Crippen LogP contribution in [0.15, 0.2) is 0 Å². The van der Waals surface area contributed by atoms with Crippen molar-refractivity contribution in [3.63, 3.8) is 0 Å². The van der Waals surface area contributed by atoms with Gasteiger partial charge in [0.1, 0.15) is 0 Å². The van der Waals surface area contributed by atoms with Gasteiger partial charge in [0.2, 0.25) is 0 Å². The van der Waals surface area contributed by atoms with E-state index in [1.807, 2.05) is 0 Å². The fourth-order valence-corrected chi connectivity index (χ4v) is 2.21. The summed E-state index contributed by atoms with van der Waals surface area (Å²) < 4.78 is 16.2. The summed E-state index contributed by atoms with van der Waals surface area (Å²) in [5.41, 5.74) is 0. The fraction of sp³-hybridized carbons (Fsp3) is 1.00. The number of rotatable bonds is 8. The molecule has 0 spiro atoms. The molecule has 0 amide bonds. The molecule has 2 unspecified atom stereocenters. The molecule has 2 atom stereocenters. The molecule has 0 aliphatic rings. The molecule has 0 aromatic rings. The Bertz CT molecular complexity index is 142. The first-order valence-corrected chi connectivity index (χ1v) is 6.26. The summed E-state index contributed by atoms with van der Waals surface area (Å²) in [7, 11) is 0.928. The van der Waals surface area contributed by atoms with Gasteiger partial charge in [-0.05, 0) is 19.9 Å². The number of nitrogens with one attached hydrogen (secondary N) is 1. The summed E-state index contributed by atoms with van der Waals surface area (Å²) in [6, 6.07) is 0.469. The minimum Gasteiger partial charge on any atom is -0.384 e. The Morgan fingerprint density at radius 1 is 1.46 bits per heavy atom. The monoisotopic (exact) mass is 207 g/mol. The van der Waals surface area contributed by atoms with Gasteiger partial charge in [-0.25, -0.2) is 0 Å². The zero-order valence-corrected chi connectivity index (χ0v) is 9.65. The quantitative estimate of drug-likeness (QED) is 0.639. The third-order valence-electron chi connectivity index (χ3n) is 1.85. The zero-order valence-electron chi connectivity index (χ0n) is 8.84. The lowest BCUT2D eigenvalue weighted by molar-refractivity contribution is 0.218. The molecular formula is C9H21NO2S. The normalized spacial score (nSPS) is 15.6. The van der Waals surface area contributed by atoms with E-state index in [0.29, 0.717) is 18.4 Å². The lowest BCUT2D eigenvalue weighted by Gasteiger charge is -2.11. The van der Waals surface area contributed by atoms with E-state index in [2.05, 4.69) is 19.2 Å². The Balaban J connectivity index is 3.34. The summed E-state index contributed by atoms with van der Waals surface area (Å²) in [6.45, 7) is 5.78. The highest BCUT2D eigenvalue weighted by molar-refractivity contribution is 7.84. The second-order valence-corrected chi connectivity index (χ2v) is 4.78. The maximum atomic E-state index is 11.3. The molecule has 13 heavy (non-hydrogen) atoms. The lowest BCUT2D eigenvalue weighted by Crippen LogP contribution is -2.27. The van der Waals surface area contributed by atoms with E-state index in [1.165, 1.54) is 0 Å². The van der Waals surface area contributed by atoms with E-state index in [4.69, 9.17) is 4.74 Å². The van der Waals surface area contributed by atoms with Crippen LogP contribution in [-0.2, 0) is 15.5 Å². The van der Waals surface area contributed by atoms with Crippen molar-refractivity contribution >= 4 is 10.8 Å². The van der Waals surface area contributed by atoms with Crippen molar-refractivity contribution in [3.8, 4) is 0 Å². The van der Waals surface area contributed by atoms with Crippen molar-refractivity contribution in [2.24, 2.45) is 0 Å². The minimum absolute atomic E-state index is 0.469. The Kier molecular flexibility index (Phi) is 8.71. The van der Waals surface area contributed by atoms with Gasteiger partial charge in [0.05, 0.1) is 6.61 Å². The highest BCUT2D eigenvalue weighted by Gasteiger charge is 2.03. The van der Waals surface area contributed by atoms with Crippen LogP contribution in [0.2, 0.25) is 0 Å². The van der Waals surface area contributed by atoms with E-state index >= 15 is 0 Å². The van der Waals surface area contributed by atoms with Crippen LogP contribution < -0.4 is 5.32 Å². The number of methoxy groups -OCH3 is 1. The predicted molar refractivity (Wildman–Crippen MR) is 57.5 cm³/mol. The van der Waals surface area contributed by atoms with Gasteiger partial charge >= 0.3 is 0 Å². The molecule has 0 saturated heterocycles. The Hall–Kier alpha value is 0.0700. The summed E-state index contributed by atoms with van der Waals surface area (Å²) in [6.07, 6.45) is 0.976. The molecule has 0 aromatic heterocycles. The Morgan fingerprint density at radius 2 is 2.15 bits per heavy atom. The molecule has 0 aromatic carbocycles. The third-order valence-corrected chi connectivity index (χ3v) is 3.16. The maximum Gasteiger partial charge on any atom is 0.0577 e. The van der Waals surface area contributed by atoms with Crippen LogP contribution in [-0.4, -0.2) is 42.0 Å². The molecule has 0 fully saturated rings. The highest BCUT2D eigenvalue weighted by atomic mass is 32.2. The average molecular weight is 207 g/mol. The number of hydrogen-bond acceptors (Lipinski definition) is 3. The summed E-state index contributed by atoms with van der Waals surface area (Å²) in [5.74, 6) is 1.44. The number of hydrogen-bond donors (Lipinski definition) is 1. The van der Waals surface area contributed by atoms with Crippen molar-refractivity contribution in [2.45, 2.75) is 26.3 Å². The lowest BCUT2D eigenvalue weighted by atomic mass is 10.3. The van der Waals surface area contributed by atoms with Crippen molar-refractivity contribution in [1.29, 1.82) is 0 Å². The first-order valence-electron chi connectivity index (χ1n) is 4.78. The van der Waals surface area contributed by atoms with Crippen molar-refractivity contribution in [1.82, 2.24) is 5.32 Å². The molecule has 0 bridgehead atoms. The van der Waals surface area contributed by atoms with Crippen LogP contribution in [0.1, 0.15) is 20.3 Å². The van der Waals surface area contributed by atoms with Gasteiger partial charge in [-0.1, -0.05) is 6.92 Å². The molecule has 0 saturated carbocycles. The van der Waals surface area contributed by atoms with E-state index in [0.717, 1.165) is 18.7 Å². The van der Waals surface area contributed by atoms with Gasteiger partial charge in [-0.15, -0.1) is 0 Å². The molecule has 80 valence electrons. The van der Waals surface area contributed by atoms with Gasteiger partial charge < -0.3 is 10.1 Å².